The van der Waals surface area contributed by atoms with Crippen molar-refractivity contribution in [2.75, 3.05) is 0 Å². The lowest BCUT2D eigenvalue weighted by molar-refractivity contribution is 0.728. The van der Waals surface area contributed by atoms with Crippen LogP contribution in [0.1, 0.15) is 21.9 Å². The average molecular weight is 264 g/mol. The van der Waals surface area contributed by atoms with Gasteiger partial charge in [0.25, 0.3) is 0 Å². The lowest BCUT2D eigenvalue weighted by Gasteiger charge is -2.18. The van der Waals surface area contributed by atoms with E-state index in [1.807, 2.05) is 35.7 Å². The van der Waals surface area contributed by atoms with Crippen molar-refractivity contribution in [1.29, 1.82) is 0 Å². The van der Waals surface area contributed by atoms with Crippen molar-refractivity contribution in [2.24, 2.45) is 5.73 Å². The van der Waals surface area contributed by atoms with Crippen molar-refractivity contribution in [3.63, 3.8) is 0 Å². The molecule has 0 bridgehead atoms. The summed E-state index contributed by atoms with van der Waals surface area (Å²) < 4.78 is 0. The van der Waals surface area contributed by atoms with Gasteiger partial charge in [0.1, 0.15) is 0 Å². The van der Waals surface area contributed by atoms with Crippen LogP contribution in [0.5, 0.6) is 0 Å². The summed E-state index contributed by atoms with van der Waals surface area (Å²) in [6.07, 6.45) is 1.82. The first kappa shape index (κ1) is 12.6. The van der Waals surface area contributed by atoms with Gasteiger partial charge in [-0.2, -0.15) is 0 Å². The molecule has 0 saturated carbocycles. The third kappa shape index (κ3) is 3.31. The quantitative estimate of drug-likeness (QED) is 0.857. The minimum Gasteiger partial charge on any atom is -0.327 e. The van der Waals surface area contributed by atoms with Crippen LogP contribution in [0, 0.1) is 6.92 Å². The van der Waals surface area contributed by atoms with E-state index in [9.17, 15) is 0 Å². The first-order valence-electron chi connectivity index (χ1n) is 5.56. The Labute approximate surface area is 110 Å². The molecule has 2 nitrogen and oxygen atoms in total. The summed E-state index contributed by atoms with van der Waals surface area (Å²) in [6, 6.07) is 10.4. The standard InChI is InChI=1S/C13H16N2S2/c1-9-6-7-11(16-9)13(10(2)14)17-12-5-3-4-8-15-12/h3-8,10,13H,14H2,1-2H3. The van der Waals surface area contributed by atoms with Crippen molar-refractivity contribution >= 4 is 23.1 Å². The molecule has 0 fully saturated rings. The van der Waals surface area contributed by atoms with Crippen molar-refractivity contribution in [1.82, 2.24) is 4.98 Å². The van der Waals surface area contributed by atoms with Crippen LogP contribution in [0.25, 0.3) is 0 Å². The molecule has 0 aliphatic carbocycles. The fourth-order valence-corrected chi connectivity index (χ4v) is 3.79. The molecule has 4 heteroatoms. The molecule has 0 aliphatic heterocycles. The van der Waals surface area contributed by atoms with E-state index in [0.717, 1.165) is 5.03 Å². The van der Waals surface area contributed by atoms with Crippen molar-refractivity contribution in [3.8, 4) is 0 Å². The van der Waals surface area contributed by atoms with E-state index in [-0.39, 0.29) is 11.3 Å². The Morgan fingerprint density at radius 3 is 2.65 bits per heavy atom. The van der Waals surface area contributed by atoms with E-state index in [2.05, 4.69) is 31.0 Å². The van der Waals surface area contributed by atoms with Gasteiger partial charge < -0.3 is 5.73 Å². The Morgan fingerprint density at radius 2 is 2.12 bits per heavy atom. The van der Waals surface area contributed by atoms with Crippen LogP contribution in [-0.4, -0.2) is 11.0 Å². The number of rotatable bonds is 4. The number of hydrogen-bond acceptors (Lipinski definition) is 4. The fraction of sp³-hybridized carbons (Fsp3) is 0.308. The molecule has 90 valence electrons. The van der Waals surface area contributed by atoms with Crippen molar-refractivity contribution in [2.45, 2.75) is 30.2 Å². The zero-order valence-electron chi connectivity index (χ0n) is 9.96. The molecule has 0 amide bonds. The molecular weight excluding hydrogens is 248 g/mol. The van der Waals surface area contributed by atoms with Crippen LogP contribution in [-0.2, 0) is 0 Å². The van der Waals surface area contributed by atoms with E-state index < -0.39 is 0 Å². The molecule has 2 unspecified atom stereocenters. The summed E-state index contributed by atoms with van der Waals surface area (Å²) in [7, 11) is 0. The molecule has 0 aromatic carbocycles. The summed E-state index contributed by atoms with van der Waals surface area (Å²) in [6.45, 7) is 4.17. The predicted molar refractivity (Wildman–Crippen MR) is 75.5 cm³/mol. The van der Waals surface area contributed by atoms with Gasteiger partial charge in [-0.25, -0.2) is 4.98 Å². The predicted octanol–water partition coefficient (Wildman–Crippen LogP) is 3.63. The summed E-state index contributed by atoms with van der Waals surface area (Å²) >= 11 is 3.55. The Bertz CT molecular complexity index is 465. The third-order valence-electron chi connectivity index (χ3n) is 2.40. The monoisotopic (exact) mass is 264 g/mol. The molecular formula is C13H16N2S2. The minimum absolute atomic E-state index is 0.111. The number of thioether (sulfide) groups is 1. The number of nitrogens with zero attached hydrogens (tertiary/aromatic N) is 1. The Kier molecular flexibility index (Phi) is 4.20. The Balaban J connectivity index is 2.19. The molecule has 0 aliphatic rings. The number of aryl methyl sites for hydroxylation is 1. The van der Waals surface area contributed by atoms with Gasteiger partial charge in [0.05, 0.1) is 10.3 Å². The van der Waals surface area contributed by atoms with Gasteiger partial charge in [-0.3, -0.25) is 0 Å². The van der Waals surface area contributed by atoms with Crippen molar-refractivity contribution in [3.05, 3.63) is 46.3 Å². The number of nitrogens with two attached hydrogens (primary N) is 1. The highest BCUT2D eigenvalue weighted by molar-refractivity contribution is 7.99. The van der Waals surface area contributed by atoms with Gasteiger partial charge in [0, 0.05) is 22.0 Å². The van der Waals surface area contributed by atoms with Gasteiger partial charge in [-0.15, -0.1) is 11.3 Å². The first-order chi connectivity index (χ1) is 8.16. The molecule has 2 aromatic rings. The maximum atomic E-state index is 6.08. The molecule has 2 atom stereocenters. The highest BCUT2D eigenvalue weighted by Crippen LogP contribution is 2.39. The SMILES string of the molecule is Cc1ccc(C(Sc2ccccn2)C(C)N)s1. The van der Waals surface area contributed by atoms with Crippen LogP contribution in [0.15, 0.2) is 41.6 Å². The number of thiophene rings is 1. The lowest BCUT2D eigenvalue weighted by Crippen LogP contribution is -2.21. The molecule has 17 heavy (non-hydrogen) atoms. The first-order valence-corrected chi connectivity index (χ1v) is 7.26. The van der Waals surface area contributed by atoms with Gasteiger partial charge in [-0.1, -0.05) is 17.8 Å². The normalized spacial score (nSPS) is 14.5. The van der Waals surface area contributed by atoms with E-state index in [1.54, 1.807) is 11.8 Å². The maximum Gasteiger partial charge on any atom is 0.0966 e. The smallest absolute Gasteiger partial charge is 0.0966 e. The number of hydrogen-bond donors (Lipinski definition) is 1. The van der Waals surface area contributed by atoms with E-state index in [4.69, 9.17) is 5.73 Å². The second-order valence-electron chi connectivity index (χ2n) is 4.01. The van der Waals surface area contributed by atoms with Crippen molar-refractivity contribution < 1.29 is 0 Å². The third-order valence-corrected chi connectivity index (χ3v) is 5.06. The van der Waals surface area contributed by atoms with Gasteiger partial charge in [0.15, 0.2) is 0 Å². The van der Waals surface area contributed by atoms with E-state index in [0.29, 0.717) is 0 Å². The lowest BCUT2D eigenvalue weighted by atomic mass is 10.2. The maximum absolute atomic E-state index is 6.08. The fourth-order valence-electron chi connectivity index (χ4n) is 1.58. The molecule has 2 aromatic heterocycles. The molecule has 2 rings (SSSR count). The Morgan fingerprint density at radius 1 is 1.29 bits per heavy atom. The summed E-state index contributed by atoms with van der Waals surface area (Å²) in [5, 5.41) is 1.31. The number of aromatic nitrogens is 1. The zero-order valence-corrected chi connectivity index (χ0v) is 11.6. The highest BCUT2D eigenvalue weighted by atomic mass is 32.2. The van der Waals surface area contributed by atoms with Gasteiger partial charge in [0.2, 0.25) is 0 Å². The largest absolute Gasteiger partial charge is 0.327 e. The topological polar surface area (TPSA) is 38.9 Å². The summed E-state index contributed by atoms with van der Waals surface area (Å²) in [5.74, 6) is 0. The van der Waals surface area contributed by atoms with Crippen LogP contribution in [0.3, 0.4) is 0 Å². The molecule has 0 spiro atoms. The second-order valence-corrected chi connectivity index (χ2v) is 6.50. The number of pyridine rings is 1. The van der Waals surface area contributed by atoms with E-state index >= 15 is 0 Å². The second kappa shape index (κ2) is 5.67. The molecule has 2 N–H and O–H groups in total. The van der Waals surface area contributed by atoms with Crippen LogP contribution in [0.4, 0.5) is 0 Å². The zero-order chi connectivity index (χ0) is 12.3. The van der Waals surface area contributed by atoms with Crippen LogP contribution >= 0.6 is 23.1 Å². The van der Waals surface area contributed by atoms with Gasteiger partial charge in [-0.05, 0) is 38.1 Å². The summed E-state index contributed by atoms with van der Waals surface area (Å²) in [4.78, 5) is 7.00. The van der Waals surface area contributed by atoms with Crippen LogP contribution in [0.2, 0.25) is 0 Å². The molecule has 0 radical (unpaired) electrons. The average Bonchev–Trinajstić information content (AvgIpc) is 2.73. The molecule has 2 heterocycles. The highest BCUT2D eigenvalue weighted by Gasteiger charge is 2.19. The summed E-state index contributed by atoms with van der Waals surface area (Å²) in [5.41, 5.74) is 6.08. The minimum atomic E-state index is 0.111. The van der Waals surface area contributed by atoms with E-state index in [1.165, 1.54) is 9.75 Å². The molecule has 0 saturated heterocycles. The van der Waals surface area contributed by atoms with Crippen LogP contribution < -0.4 is 5.73 Å². The van der Waals surface area contributed by atoms with Gasteiger partial charge >= 0.3 is 0 Å². The Hall–Kier alpha value is -0.840.